The summed E-state index contributed by atoms with van der Waals surface area (Å²) >= 11 is 12.7. The Labute approximate surface area is 137 Å². The lowest BCUT2D eigenvalue weighted by Crippen LogP contribution is -2.46. The Bertz CT molecular complexity index is 500. The number of halogens is 2. The third kappa shape index (κ3) is 3.58. The molecular weight excluding hydrogens is 309 g/mol. The molecule has 0 N–H and O–H groups in total. The normalized spacial score (nSPS) is 16.1. The molecule has 1 aromatic carbocycles. The fourth-order valence-electron chi connectivity index (χ4n) is 2.86. The average Bonchev–Trinajstić information content (AvgIpc) is 2.38. The van der Waals surface area contributed by atoms with Gasteiger partial charge in [0.25, 0.3) is 0 Å². The Balaban J connectivity index is 2.26. The molecule has 1 aromatic rings. The quantitative estimate of drug-likeness (QED) is 0.768. The molecule has 0 radical (unpaired) electrons. The molecular formula is C16H23Cl2NO2. The predicted octanol–water partition coefficient (Wildman–Crippen LogP) is 4.46. The summed E-state index contributed by atoms with van der Waals surface area (Å²) in [5, 5.41) is 1.12. The van der Waals surface area contributed by atoms with Gasteiger partial charge in [-0.05, 0) is 12.8 Å². The summed E-state index contributed by atoms with van der Waals surface area (Å²) in [6.07, 6.45) is 0. The minimum atomic E-state index is 0.351. The summed E-state index contributed by atoms with van der Waals surface area (Å²) in [5.74, 6) is 2.41. The second-order valence-electron chi connectivity index (χ2n) is 5.86. The van der Waals surface area contributed by atoms with Gasteiger partial charge >= 0.3 is 0 Å². The maximum absolute atomic E-state index is 6.42. The van der Waals surface area contributed by atoms with E-state index in [2.05, 4.69) is 18.7 Å². The van der Waals surface area contributed by atoms with E-state index in [-0.39, 0.29) is 0 Å². The van der Waals surface area contributed by atoms with Crippen molar-refractivity contribution in [1.82, 2.24) is 4.90 Å². The van der Waals surface area contributed by atoms with E-state index in [0.717, 1.165) is 30.9 Å². The second kappa shape index (κ2) is 7.08. The van der Waals surface area contributed by atoms with Gasteiger partial charge in [-0.25, -0.2) is 0 Å². The minimum absolute atomic E-state index is 0.351. The molecule has 2 rings (SSSR count). The van der Waals surface area contributed by atoms with Gasteiger partial charge in [0.05, 0.1) is 23.8 Å². The molecule has 1 aliphatic heterocycles. The Morgan fingerprint density at radius 1 is 1.33 bits per heavy atom. The molecule has 1 heterocycles. The van der Waals surface area contributed by atoms with Gasteiger partial charge in [-0.3, -0.25) is 0 Å². The first-order chi connectivity index (χ1) is 9.97. The van der Waals surface area contributed by atoms with Gasteiger partial charge < -0.3 is 14.4 Å². The number of benzene rings is 1. The van der Waals surface area contributed by atoms with Crippen molar-refractivity contribution in [2.24, 2.45) is 5.92 Å². The number of rotatable bonds is 6. The third-order valence-electron chi connectivity index (χ3n) is 3.67. The number of hydrogen-bond donors (Lipinski definition) is 0. The number of hydrogen-bond acceptors (Lipinski definition) is 3. The molecule has 1 saturated heterocycles. The van der Waals surface area contributed by atoms with E-state index in [9.17, 15) is 0 Å². The molecule has 0 spiro atoms. The number of ether oxygens (including phenoxy) is 2. The van der Waals surface area contributed by atoms with Gasteiger partial charge in [-0.2, -0.15) is 0 Å². The van der Waals surface area contributed by atoms with E-state index < -0.39 is 0 Å². The third-order valence-corrected chi connectivity index (χ3v) is 4.47. The molecule has 1 aliphatic rings. The van der Waals surface area contributed by atoms with E-state index in [0.29, 0.717) is 34.2 Å². The van der Waals surface area contributed by atoms with Crippen molar-refractivity contribution in [3.05, 3.63) is 21.7 Å². The Kier molecular flexibility index (Phi) is 5.64. The average molecular weight is 332 g/mol. The summed E-state index contributed by atoms with van der Waals surface area (Å²) in [6.45, 7) is 10.0. The first-order valence-electron chi connectivity index (χ1n) is 7.38. The number of nitrogens with zero attached hydrogens (tertiary/aromatic N) is 1. The van der Waals surface area contributed by atoms with E-state index in [1.165, 1.54) is 0 Å². The van der Waals surface area contributed by atoms with Crippen molar-refractivity contribution >= 4 is 23.2 Å². The predicted molar refractivity (Wildman–Crippen MR) is 88.2 cm³/mol. The van der Waals surface area contributed by atoms with Crippen LogP contribution in [0.25, 0.3) is 0 Å². The van der Waals surface area contributed by atoms with Gasteiger partial charge in [-0.15, -0.1) is 0 Å². The van der Waals surface area contributed by atoms with Crippen LogP contribution in [0.15, 0.2) is 6.07 Å². The van der Waals surface area contributed by atoms with Gasteiger partial charge in [-0.1, -0.05) is 37.0 Å². The van der Waals surface area contributed by atoms with Crippen LogP contribution in [0.4, 0.5) is 0 Å². The van der Waals surface area contributed by atoms with Crippen LogP contribution < -0.4 is 9.47 Å². The maximum Gasteiger partial charge on any atom is 0.165 e. The minimum Gasteiger partial charge on any atom is -0.493 e. The van der Waals surface area contributed by atoms with Crippen molar-refractivity contribution in [2.45, 2.75) is 26.7 Å². The lowest BCUT2D eigenvalue weighted by molar-refractivity contribution is 0.129. The van der Waals surface area contributed by atoms with Crippen LogP contribution in [-0.4, -0.2) is 38.3 Å². The number of methoxy groups -OCH3 is 1. The maximum atomic E-state index is 6.42. The second-order valence-corrected chi connectivity index (χ2v) is 6.64. The van der Waals surface area contributed by atoms with Gasteiger partial charge in [0.1, 0.15) is 0 Å². The van der Waals surface area contributed by atoms with Crippen LogP contribution in [0.5, 0.6) is 11.5 Å². The Hall–Kier alpha value is -0.640. The molecule has 0 bridgehead atoms. The highest BCUT2D eigenvalue weighted by atomic mass is 35.5. The molecule has 1 fully saturated rings. The van der Waals surface area contributed by atoms with Crippen LogP contribution in [0, 0.1) is 5.92 Å². The highest BCUT2D eigenvalue weighted by molar-refractivity contribution is 6.42. The van der Waals surface area contributed by atoms with Gasteiger partial charge in [0.2, 0.25) is 0 Å². The lowest BCUT2D eigenvalue weighted by Gasteiger charge is -2.41. The highest BCUT2D eigenvalue weighted by Gasteiger charge is 2.34. The SMILES string of the molecule is CCOc1cc(Cl)c(Cl)c(C2CN(CC(C)C)C2)c1OC. The van der Waals surface area contributed by atoms with Crippen LogP contribution in [0.1, 0.15) is 32.3 Å². The summed E-state index contributed by atoms with van der Waals surface area (Å²) in [4.78, 5) is 2.42. The number of likely N-dealkylation sites (tertiary alicyclic amines) is 1. The zero-order chi connectivity index (χ0) is 15.6. The molecule has 3 nitrogen and oxygen atoms in total. The molecule has 118 valence electrons. The van der Waals surface area contributed by atoms with Crippen LogP contribution >= 0.6 is 23.2 Å². The zero-order valence-electron chi connectivity index (χ0n) is 13.1. The van der Waals surface area contributed by atoms with Gasteiger partial charge in [0.15, 0.2) is 11.5 Å². The van der Waals surface area contributed by atoms with Crippen LogP contribution in [0.3, 0.4) is 0 Å². The van der Waals surface area contributed by atoms with Crippen molar-refractivity contribution < 1.29 is 9.47 Å². The molecule has 0 amide bonds. The monoisotopic (exact) mass is 331 g/mol. The molecule has 0 unspecified atom stereocenters. The Morgan fingerprint density at radius 2 is 2.00 bits per heavy atom. The van der Waals surface area contributed by atoms with Crippen molar-refractivity contribution in [1.29, 1.82) is 0 Å². The summed E-state index contributed by atoms with van der Waals surface area (Å²) in [5.41, 5.74) is 0.982. The molecule has 0 aromatic heterocycles. The fourth-order valence-corrected chi connectivity index (χ4v) is 3.36. The smallest absolute Gasteiger partial charge is 0.165 e. The first kappa shape index (κ1) is 16.7. The highest BCUT2D eigenvalue weighted by Crippen LogP contribution is 2.47. The zero-order valence-corrected chi connectivity index (χ0v) is 14.6. The molecule has 0 atom stereocenters. The summed E-state index contributed by atoms with van der Waals surface area (Å²) in [7, 11) is 1.65. The van der Waals surface area contributed by atoms with Crippen molar-refractivity contribution in [3.8, 4) is 11.5 Å². The van der Waals surface area contributed by atoms with Crippen molar-refractivity contribution in [2.75, 3.05) is 33.4 Å². The van der Waals surface area contributed by atoms with E-state index in [1.807, 2.05) is 6.92 Å². The van der Waals surface area contributed by atoms with E-state index >= 15 is 0 Å². The molecule has 0 saturated carbocycles. The molecule has 0 aliphatic carbocycles. The molecule has 5 heteroatoms. The largest absolute Gasteiger partial charge is 0.493 e. The van der Waals surface area contributed by atoms with Crippen LogP contribution in [0.2, 0.25) is 10.0 Å². The van der Waals surface area contributed by atoms with Crippen LogP contribution in [-0.2, 0) is 0 Å². The summed E-state index contributed by atoms with van der Waals surface area (Å²) in [6, 6.07) is 1.74. The van der Waals surface area contributed by atoms with Gasteiger partial charge in [0, 0.05) is 37.2 Å². The summed E-state index contributed by atoms with van der Waals surface area (Å²) < 4.78 is 11.2. The molecule has 21 heavy (non-hydrogen) atoms. The fraction of sp³-hybridized carbons (Fsp3) is 0.625. The van der Waals surface area contributed by atoms with Crippen molar-refractivity contribution in [3.63, 3.8) is 0 Å². The first-order valence-corrected chi connectivity index (χ1v) is 8.14. The lowest BCUT2D eigenvalue weighted by atomic mass is 9.89. The standard InChI is InChI=1S/C16H23Cl2NO2/c1-5-21-13-6-12(17)15(18)14(16(13)20-4)11-8-19(9-11)7-10(2)3/h6,10-11H,5,7-9H2,1-4H3. The van der Waals surface area contributed by atoms with E-state index in [1.54, 1.807) is 13.2 Å². The Morgan fingerprint density at radius 3 is 2.52 bits per heavy atom. The topological polar surface area (TPSA) is 21.7 Å². The van der Waals surface area contributed by atoms with E-state index in [4.69, 9.17) is 32.7 Å².